The molecule has 134 valence electrons. The van der Waals surface area contributed by atoms with E-state index in [-0.39, 0.29) is 6.61 Å². The third-order valence-corrected chi connectivity index (χ3v) is 4.07. The Morgan fingerprint density at radius 3 is 2.12 bits per heavy atom. The predicted molar refractivity (Wildman–Crippen MR) is 107 cm³/mol. The van der Waals surface area contributed by atoms with Crippen LogP contribution in [0.25, 0.3) is 0 Å². The number of anilines is 2. The molecule has 1 atom stereocenters. The average Bonchev–Trinajstić information content (AvgIpc) is 2.68. The van der Waals surface area contributed by atoms with Crippen molar-refractivity contribution in [2.24, 2.45) is 0 Å². The highest BCUT2D eigenvalue weighted by Gasteiger charge is 2.05. The number of ether oxygens (including phenoxy) is 1. The molecule has 3 aromatic rings. The average molecular weight is 348 g/mol. The minimum atomic E-state index is -0.579. The van der Waals surface area contributed by atoms with E-state index in [1.54, 1.807) is 0 Å². The van der Waals surface area contributed by atoms with Crippen LogP contribution in [0.1, 0.15) is 11.1 Å². The topological polar surface area (TPSA) is 67.5 Å². The summed E-state index contributed by atoms with van der Waals surface area (Å²) in [6.07, 6.45) is 0.290. The lowest BCUT2D eigenvalue weighted by Gasteiger charge is -2.14. The fourth-order valence-corrected chi connectivity index (χ4v) is 2.62. The van der Waals surface area contributed by atoms with Crippen molar-refractivity contribution in [3.05, 3.63) is 90.0 Å². The molecule has 26 heavy (non-hydrogen) atoms. The first kappa shape index (κ1) is 17.8. The van der Waals surface area contributed by atoms with Gasteiger partial charge in [0.05, 0.1) is 0 Å². The maximum absolute atomic E-state index is 10.0. The molecule has 0 fully saturated rings. The quantitative estimate of drug-likeness (QED) is 0.543. The van der Waals surface area contributed by atoms with Gasteiger partial charge in [0.25, 0.3) is 0 Å². The van der Waals surface area contributed by atoms with E-state index in [9.17, 15) is 5.11 Å². The van der Waals surface area contributed by atoms with Crippen molar-refractivity contribution in [1.29, 1.82) is 0 Å². The van der Waals surface area contributed by atoms with Gasteiger partial charge in [-0.15, -0.1) is 0 Å². The van der Waals surface area contributed by atoms with Gasteiger partial charge in [0, 0.05) is 17.9 Å². The highest BCUT2D eigenvalue weighted by molar-refractivity contribution is 5.46. The van der Waals surface area contributed by atoms with Crippen LogP contribution in [0.4, 0.5) is 11.4 Å². The highest BCUT2D eigenvalue weighted by atomic mass is 16.5. The second kappa shape index (κ2) is 8.92. The van der Waals surface area contributed by atoms with Gasteiger partial charge < -0.3 is 20.9 Å². The monoisotopic (exact) mass is 348 g/mol. The molecule has 0 spiro atoms. The minimum Gasteiger partial charge on any atom is -0.491 e. The number of rotatable bonds is 8. The van der Waals surface area contributed by atoms with Gasteiger partial charge in [-0.25, -0.2) is 0 Å². The Balaban J connectivity index is 1.44. The molecule has 0 bridgehead atoms. The molecule has 0 aliphatic carbocycles. The van der Waals surface area contributed by atoms with Crippen molar-refractivity contribution >= 4 is 11.4 Å². The van der Waals surface area contributed by atoms with Crippen LogP contribution < -0.4 is 15.8 Å². The van der Waals surface area contributed by atoms with E-state index in [0.29, 0.717) is 6.54 Å². The van der Waals surface area contributed by atoms with Gasteiger partial charge in [-0.05, 0) is 53.9 Å². The number of nitrogens with two attached hydrogens (primary N) is 1. The summed E-state index contributed by atoms with van der Waals surface area (Å²) in [6, 6.07) is 25.7. The number of nitrogens with one attached hydrogen (secondary N) is 1. The Morgan fingerprint density at radius 2 is 1.46 bits per heavy atom. The normalized spacial score (nSPS) is 11.7. The van der Waals surface area contributed by atoms with Crippen molar-refractivity contribution in [2.45, 2.75) is 12.5 Å². The highest BCUT2D eigenvalue weighted by Crippen LogP contribution is 2.15. The zero-order valence-electron chi connectivity index (χ0n) is 14.6. The van der Waals surface area contributed by atoms with Crippen LogP contribution in [0.15, 0.2) is 78.9 Å². The van der Waals surface area contributed by atoms with E-state index in [0.717, 1.165) is 23.5 Å². The van der Waals surface area contributed by atoms with Crippen molar-refractivity contribution in [2.75, 3.05) is 24.2 Å². The number of benzene rings is 3. The lowest BCUT2D eigenvalue weighted by molar-refractivity contribution is 0.117. The van der Waals surface area contributed by atoms with E-state index in [1.807, 2.05) is 66.7 Å². The first-order chi connectivity index (χ1) is 12.7. The van der Waals surface area contributed by atoms with E-state index in [2.05, 4.69) is 17.4 Å². The van der Waals surface area contributed by atoms with Gasteiger partial charge in [0.1, 0.15) is 18.5 Å². The molecule has 0 saturated heterocycles. The number of aliphatic hydroxyl groups is 1. The molecular weight excluding hydrogens is 324 g/mol. The molecule has 3 aromatic carbocycles. The van der Waals surface area contributed by atoms with Crippen LogP contribution in [0.5, 0.6) is 5.75 Å². The molecule has 1 unspecified atom stereocenters. The third-order valence-electron chi connectivity index (χ3n) is 4.07. The smallest absolute Gasteiger partial charge is 0.119 e. The Labute approximate surface area is 154 Å². The Kier molecular flexibility index (Phi) is 6.12. The number of nitrogen functional groups attached to an aromatic ring is 1. The minimum absolute atomic E-state index is 0.256. The first-order valence-corrected chi connectivity index (χ1v) is 8.72. The molecule has 0 heterocycles. The summed E-state index contributed by atoms with van der Waals surface area (Å²) < 4.78 is 5.55. The van der Waals surface area contributed by atoms with Gasteiger partial charge in [-0.1, -0.05) is 42.5 Å². The second-order valence-electron chi connectivity index (χ2n) is 6.27. The van der Waals surface area contributed by atoms with Crippen LogP contribution in [0, 0.1) is 0 Å². The van der Waals surface area contributed by atoms with Crippen molar-refractivity contribution in [3.8, 4) is 5.75 Å². The lowest BCUT2D eigenvalue weighted by atomic mass is 10.0. The van der Waals surface area contributed by atoms with Crippen molar-refractivity contribution in [3.63, 3.8) is 0 Å². The molecule has 0 aliphatic heterocycles. The summed E-state index contributed by atoms with van der Waals surface area (Å²) in [4.78, 5) is 0. The molecule has 0 radical (unpaired) electrons. The van der Waals surface area contributed by atoms with E-state index >= 15 is 0 Å². The molecular formula is C22H24N2O2. The number of para-hydroxylation sites is 1. The summed E-state index contributed by atoms with van der Waals surface area (Å²) >= 11 is 0. The maximum Gasteiger partial charge on any atom is 0.119 e. The summed E-state index contributed by atoms with van der Waals surface area (Å²) in [5.41, 5.74) is 9.93. The predicted octanol–water partition coefficient (Wildman–Crippen LogP) is 3.71. The number of aliphatic hydroxyl groups excluding tert-OH is 1. The number of hydrogen-bond donors (Lipinski definition) is 3. The first-order valence-electron chi connectivity index (χ1n) is 8.72. The Bertz CT molecular complexity index is 787. The zero-order chi connectivity index (χ0) is 18.2. The Hall–Kier alpha value is -2.98. The van der Waals surface area contributed by atoms with E-state index in [1.165, 1.54) is 11.1 Å². The lowest BCUT2D eigenvalue weighted by Crippen LogP contribution is -2.26. The van der Waals surface area contributed by atoms with Crippen LogP contribution in [-0.4, -0.2) is 24.4 Å². The molecule has 0 amide bonds. The summed E-state index contributed by atoms with van der Waals surface area (Å²) in [5.74, 6) is 0.763. The van der Waals surface area contributed by atoms with Crippen LogP contribution in [0.3, 0.4) is 0 Å². The van der Waals surface area contributed by atoms with Gasteiger partial charge in [0.15, 0.2) is 0 Å². The molecule has 4 nitrogen and oxygen atoms in total. The Morgan fingerprint density at radius 1 is 0.846 bits per heavy atom. The standard InChI is InChI=1S/C22H24N2O2/c23-19-10-6-17(7-11-19)14-18-8-12-20(13-9-18)24-15-21(25)16-26-22-4-2-1-3-5-22/h1-13,21,24-25H,14-16,23H2. The molecule has 0 saturated carbocycles. The molecule has 3 rings (SSSR count). The van der Waals surface area contributed by atoms with Crippen molar-refractivity contribution < 1.29 is 9.84 Å². The van der Waals surface area contributed by atoms with Crippen LogP contribution >= 0.6 is 0 Å². The largest absolute Gasteiger partial charge is 0.491 e. The zero-order valence-corrected chi connectivity index (χ0v) is 14.6. The summed E-state index contributed by atoms with van der Waals surface area (Å²) in [6.45, 7) is 0.691. The second-order valence-corrected chi connectivity index (χ2v) is 6.27. The molecule has 4 N–H and O–H groups in total. The van der Waals surface area contributed by atoms with Crippen LogP contribution in [0.2, 0.25) is 0 Å². The fraction of sp³-hybridized carbons (Fsp3) is 0.182. The summed E-state index contributed by atoms with van der Waals surface area (Å²) in [5, 5.41) is 13.3. The van der Waals surface area contributed by atoms with E-state index < -0.39 is 6.10 Å². The molecule has 0 aliphatic rings. The van der Waals surface area contributed by atoms with Gasteiger partial charge in [-0.2, -0.15) is 0 Å². The van der Waals surface area contributed by atoms with E-state index in [4.69, 9.17) is 10.5 Å². The van der Waals surface area contributed by atoms with Gasteiger partial charge in [-0.3, -0.25) is 0 Å². The number of hydrogen-bond acceptors (Lipinski definition) is 4. The fourth-order valence-electron chi connectivity index (χ4n) is 2.62. The third kappa shape index (κ3) is 5.53. The molecule has 4 heteroatoms. The van der Waals surface area contributed by atoms with Crippen molar-refractivity contribution in [1.82, 2.24) is 0 Å². The molecule has 0 aromatic heterocycles. The van der Waals surface area contributed by atoms with Gasteiger partial charge in [0.2, 0.25) is 0 Å². The van der Waals surface area contributed by atoms with Crippen LogP contribution in [-0.2, 0) is 6.42 Å². The SMILES string of the molecule is Nc1ccc(Cc2ccc(NCC(O)COc3ccccc3)cc2)cc1. The summed E-state index contributed by atoms with van der Waals surface area (Å²) in [7, 11) is 0. The maximum atomic E-state index is 10.0. The van der Waals surface area contributed by atoms with Gasteiger partial charge >= 0.3 is 0 Å².